The van der Waals surface area contributed by atoms with Gasteiger partial charge in [-0.1, -0.05) is 70.1 Å². The maximum atomic E-state index is 10.7. The Labute approximate surface area is 124 Å². The molecule has 0 saturated carbocycles. The van der Waals surface area contributed by atoms with E-state index in [2.05, 4.69) is 6.92 Å². The fourth-order valence-electron chi connectivity index (χ4n) is 2.65. The minimum absolute atomic E-state index is 0.778. The van der Waals surface area contributed by atoms with Crippen LogP contribution in [0.15, 0.2) is 24.3 Å². The Morgan fingerprint density at radius 1 is 1.00 bits per heavy atom. The molecule has 0 saturated heterocycles. The molecular formula is C18H30O2. The van der Waals surface area contributed by atoms with Crippen molar-refractivity contribution >= 4 is 0 Å². The van der Waals surface area contributed by atoms with Gasteiger partial charge in [-0.05, 0) is 19.4 Å². The van der Waals surface area contributed by atoms with Gasteiger partial charge in [0.1, 0.15) is 5.75 Å². The van der Waals surface area contributed by atoms with Crippen molar-refractivity contribution < 1.29 is 9.84 Å². The highest BCUT2D eigenvalue weighted by molar-refractivity contribution is 5.37. The van der Waals surface area contributed by atoms with Crippen LogP contribution in [0, 0.1) is 0 Å². The number of benzene rings is 1. The normalized spacial score (nSPS) is 14.0. The van der Waals surface area contributed by atoms with Gasteiger partial charge in [0, 0.05) is 5.56 Å². The topological polar surface area (TPSA) is 29.5 Å². The van der Waals surface area contributed by atoms with E-state index in [4.69, 9.17) is 4.74 Å². The molecule has 1 N–H and O–H groups in total. The van der Waals surface area contributed by atoms with E-state index in [1.54, 1.807) is 7.11 Å². The fraction of sp³-hybridized carbons (Fsp3) is 0.667. The third-order valence-corrected chi connectivity index (χ3v) is 3.95. The van der Waals surface area contributed by atoms with Crippen LogP contribution in [-0.2, 0) is 5.60 Å². The monoisotopic (exact) mass is 278 g/mol. The van der Waals surface area contributed by atoms with Gasteiger partial charge in [-0.15, -0.1) is 0 Å². The number of hydrogen-bond donors (Lipinski definition) is 1. The molecule has 1 aromatic carbocycles. The first-order valence-corrected chi connectivity index (χ1v) is 7.97. The summed E-state index contributed by atoms with van der Waals surface area (Å²) in [5.41, 5.74) is 0.101. The summed E-state index contributed by atoms with van der Waals surface area (Å²) in [6, 6.07) is 7.76. The van der Waals surface area contributed by atoms with Gasteiger partial charge in [-0.2, -0.15) is 0 Å². The number of aliphatic hydroxyl groups is 1. The molecular weight excluding hydrogens is 248 g/mol. The zero-order valence-electron chi connectivity index (χ0n) is 13.3. The van der Waals surface area contributed by atoms with Gasteiger partial charge in [-0.3, -0.25) is 0 Å². The Bertz CT molecular complexity index is 371. The summed E-state index contributed by atoms with van der Waals surface area (Å²) in [6.45, 7) is 4.13. The van der Waals surface area contributed by atoms with Crippen molar-refractivity contribution in [3.8, 4) is 5.75 Å². The van der Waals surface area contributed by atoms with Crippen LogP contribution in [0.25, 0.3) is 0 Å². The van der Waals surface area contributed by atoms with Gasteiger partial charge < -0.3 is 9.84 Å². The molecule has 0 bridgehead atoms. The van der Waals surface area contributed by atoms with Crippen LogP contribution in [0.4, 0.5) is 0 Å². The van der Waals surface area contributed by atoms with Crippen molar-refractivity contribution in [2.75, 3.05) is 7.11 Å². The molecule has 1 unspecified atom stereocenters. The Morgan fingerprint density at radius 3 is 2.25 bits per heavy atom. The molecule has 0 fully saturated rings. The smallest absolute Gasteiger partial charge is 0.124 e. The quantitative estimate of drug-likeness (QED) is 0.607. The molecule has 0 spiro atoms. The molecule has 0 aliphatic heterocycles. The zero-order valence-corrected chi connectivity index (χ0v) is 13.3. The van der Waals surface area contributed by atoms with Crippen molar-refractivity contribution in [3.63, 3.8) is 0 Å². The van der Waals surface area contributed by atoms with E-state index in [0.29, 0.717) is 0 Å². The number of rotatable bonds is 10. The van der Waals surface area contributed by atoms with Crippen LogP contribution < -0.4 is 4.74 Å². The summed E-state index contributed by atoms with van der Waals surface area (Å²) in [6.07, 6.45) is 9.65. The Morgan fingerprint density at radius 2 is 1.60 bits per heavy atom. The lowest BCUT2D eigenvalue weighted by atomic mass is 9.89. The Hall–Kier alpha value is -1.02. The van der Waals surface area contributed by atoms with E-state index < -0.39 is 5.60 Å². The predicted octanol–water partition coefficient (Wildman–Crippen LogP) is 5.04. The number of hydrogen-bond acceptors (Lipinski definition) is 2. The van der Waals surface area contributed by atoms with E-state index in [9.17, 15) is 5.11 Å². The van der Waals surface area contributed by atoms with Crippen molar-refractivity contribution in [1.29, 1.82) is 0 Å². The highest BCUT2D eigenvalue weighted by Gasteiger charge is 2.25. The SMILES string of the molecule is CCCCCCCCCC(C)(O)c1ccccc1OC. The largest absolute Gasteiger partial charge is 0.496 e. The van der Waals surface area contributed by atoms with Gasteiger partial charge in [-0.25, -0.2) is 0 Å². The predicted molar refractivity (Wildman–Crippen MR) is 85.2 cm³/mol. The van der Waals surface area contributed by atoms with E-state index in [1.807, 2.05) is 31.2 Å². The minimum atomic E-state index is -0.796. The molecule has 0 aliphatic carbocycles. The number of ether oxygens (including phenoxy) is 1. The van der Waals surface area contributed by atoms with Gasteiger partial charge in [0.25, 0.3) is 0 Å². The summed E-state index contributed by atoms with van der Waals surface area (Å²) in [5.74, 6) is 0.778. The lowest BCUT2D eigenvalue weighted by Crippen LogP contribution is -2.21. The molecule has 0 aromatic heterocycles. The first kappa shape index (κ1) is 17.0. The molecule has 0 heterocycles. The van der Waals surface area contributed by atoms with Crippen LogP contribution in [0.5, 0.6) is 5.75 Å². The third kappa shape index (κ3) is 5.54. The van der Waals surface area contributed by atoms with Crippen molar-refractivity contribution in [3.05, 3.63) is 29.8 Å². The fourth-order valence-corrected chi connectivity index (χ4v) is 2.65. The first-order valence-electron chi connectivity index (χ1n) is 7.97. The first-order chi connectivity index (χ1) is 9.61. The summed E-state index contributed by atoms with van der Waals surface area (Å²) in [4.78, 5) is 0. The molecule has 0 radical (unpaired) electrons. The van der Waals surface area contributed by atoms with Gasteiger partial charge in [0.2, 0.25) is 0 Å². The summed E-state index contributed by atoms with van der Waals surface area (Å²) in [5, 5.41) is 10.7. The summed E-state index contributed by atoms with van der Waals surface area (Å²) in [7, 11) is 1.66. The highest BCUT2D eigenvalue weighted by Crippen LogP contribution is 2.33. The van der Waals surface area contributed by atoms with E-state index >= 15 is 0 Å². The molecule has 0 aliphatic rings. The highest BCUT2D eigenvalue weighted by atomic mass is 16.5. The van der Waals surface area contributed by atoms with E-state index in [1.165, 1.54) is 38.5 Å². The van der Waals surface area contributed by atoms with E-state index in [-0.39, 0.29) is 0 Å². The standard InChI is InChI=1S/C18H30O2/c1-4-5-6-7-8-9-12-15-18(2,19)16-13-10-11-14-17(16)20-3/h10-11,13-14,19H,4-9,12,15H2,1-3H3. The minimum Gasteiger partial charge on any atom is -0.496 e. The maximum Gasteiger partial charge on any atom is 0.124 e. The zero-order chi connectivity index (χ0) is 14.8. The van der Waals surface area contributed by atoms with Gasteiger partial charge in [0.05, 0.1) is 12.7 Å². The maximum absolute atomic E-state index is 10.7. The summed E-state index contributed by atoms with van der Waals surface area (Å²) < 4.78 is 5.34. The van der Waals surface area contributed by atoms with Crippen molar-refractivity contribution in [2.45, 2.75) is 70.8 Å². The Kier molecular flexibility index (Phi) is 7.68. The van der Waals surface area contributed by atoms with Crippen LogP contribution in [0.3, 0.4) is 0 Å². The third-order valence-electron chi connectivity index (χ3n) is 3.95. The average Bonchev–Trinajstić information content (AvgIpc) is 2.46. The van der Waals surface area contributed by atoms with Crippen LogP contribution in [0.2, 0.25) is 0 Å². The molecule has 0 amide bonds. The molecule has 2 heteroatoms. The van der Waals surface area contributed by atoms with Gasteiger partial charge >= 0.3 is 0 Å². The number of methoxy groups -OCH3 is 1. The van der Waals surface area contributed by atoms with Crippen LogP contribution in [0.1, 0.15) is 70.8 Å². The molecule has 114 valence electrons. The summed E-state index contributed by atoms with van der Waals surface area (Å²) >= 11 is 0. The molecule has 2 nitrogen and oxygen atoms in total. The van der Waals surface area contributed by atoms with Crippen molar-refractivity contribution in [2.24, 2.45) is 0 Å². The molecule has 1 aromatic rings. The number of para-hydroxylation sites is 1. The molecule has 1 rings (SSSR count). The lowest BCUT2D eigenvalue weighted by molar-refractivity contribution is 0.0423. The Balaban J connectivity index is 2.37. The second-order valence-electron chi connectivity index (χ2n) is 5.85. The molecule has 1 atom stereocenters. The molecule has 20 heavy (non-hydrogen) atoms. The second-order valence-corrected chi connectivity index (χ2v) is 5.85. The van der Waals surface area contributed by atoms with Crippen LogP contribution >= 0.6 is 0 Å². The van der Waals surface area contributed by atoms with E-state index in [0.717, 1.165) is 24.2 Å². The van der Waals surface area contributed by atoms with Crippen LogP contribution in [-0.4, -0.2) is 12.2 Å². The lowest BCUT2D eigenvalue weighted by Gasteiger charge is -2.25. The van der Waals surface area contributed by atoms with Crippen molar-refractivity contribution in [1.82, 2.24) is 0 Å². The average molecular weight is 278 g/mol. The number of unbranched alkanes of at least 4 members (excludes halogenated alkanes) is 6. The van der Waals surface area contributed by atoms with Gasteiger partial charge in [0.15, 0.2) is 0 Å². The second kappa shape index (κ2) is 9.02.